The smallest absolute Gasteiger partial charge is 0.246 e. The number of nitrogens with two attached hydrogens (primary N) is 1. The van der Waals surface area contributed by atoms with Crippen molar-refractivity contribution in [3.63, 3.8) is 0 Å². The molecule has 5 unspecified atom stereocenters. The fraction of sp³-hybridized carbons (Fsp3) is 0.633. The number of aliphatic hydroxyl groups excluding tert-OH is 1. The number of rotatable bonds is 59. The molecule has 2 aliphatic heterocycles. The van der Waals surface area contributed by atoms with Crippen LogP contribution < -0.4 is 53.2 Å². The number of nitrogens with zero attached hydrogens (tertiary/aromatic N) is 1. The molecule has 0 spiro atoms. The predicted octanol–water partition coefficient (Wildman–Crippen LogP) is 5.92. The lowest BCUT2D eigenvalue weighted by atomic mass is 9.46. The van der Waals surface area contributed by atoms with Gasteiger partial charge in [0.1, 0.15) is 29.4 Å². The number of carbonyl (C=O) groups is 10. The largest absolute Gasteiger partial charge is 0.399 e. The molecule has 0 bridgehead atoms. The van der Waals surface area contributed by atoms with Gasteiger partial charge in [-0.2, -0.15) is 0 Å². The van der Waals surface area contributed by atoms with Crippen LogP contribution in [0.1, 0.15) is 179 Å². The number of thiol groups is 1. The Hall–Kier alpha value is -9.39. The fourth-order valence-corrected chi connectivity index (χ4v) is 19.3. The van der Waals surface area contributed by atoms with Crippen molar-refractivity contribution in [3.8, 4) is 11.8 Å². The number of hydrogen-bond donors (Lipinski definition) is 11. The molecule has 3 aromatic carbocycles. The van der Waals surface area contributed by atoms with Crippen LogP contribution in [0.2, 0.25) is 0 Å². The Morgan fingerprint density at radius 3 is 1.95 bits per heavy atom. The number of fused-ring (bicyclic) bond motifs is 9. The van der Waals surface area contributed by atoms with Gasteiger partial charge in [0, 0.05) is 97.5 Å². The van der Waals surface area contributed by atoms with E-state index in [-0.39, 0.29) is 183 Å². The molecule has 8 amide bonds. The Morgan fingerprint density at radius 1 is 0.639 bits per heavy atom. The zero-order chi connectivity index (χ0) is 95.0. The third-order valence-electron chi connectivity index (χ3n) is 25.9. The van der Waals surface area contributed by atoms with E-state index in [1.165, 1.54) is 0 Å². The van der Waals surface area contributed by atoms with Crippen molar-refractivity contribution in [1.82, 2.24) is 37.2 Å². The summed E-state index contributed by atoms with van der Waals surface area (Å²) in [5.74, 6) is 2.35. The Labute approximate surface area is 782 Å². The van der Waals surface area contributed by atoms with E-state index in [2.05, 4.69) is 75.1 Å². The number of hydrogen-bond acceptors (Lipinski definition) is 26. The molecule has 133 heavy (non-hydrogen) atoms. The molecule has 12 atom stereocenters. The minimum Gasteiger partial charge on any atom is -0.399 e. The van der Waals surface area contributed by atoms with Crippen LogP contribution in [0.4, 0.5) is 11.4 Å². The normalized spacial score (nSPS) is 23.2. The van der Waals surface area contributed by atoms with Crippen molar-refractivity contribution >= 4 is 80.9 Å². The van der Waals surface area contributed by atoms with Gasteiger partial charge in [-0.25, -0.2) is 8.42 Å². The number of nitrogens with one attached hydrogen (secondary N) is 8. The molecule has 35 heteroatoms. The Bertz CT molecular complexity index is 4580. The average molecular weight is 1870 g/mol. The van der Waals surface area contributed by atoms with Gasteiger partial charge < -0.3 is 110 Å². The number of anilines is 2. The first-order valence-corrected chi connectivity index (χ1v) is 48.8. The summed E-state index contributed by atoms with van der Waals surface area (Å²) in [6, 6.07) is 20.1. The third-order valence-corrected chi connectivity index (χ3v) is 26.5. The highest BCUT2D eigenvalue weighted by atomic mass is 32.2. The van der Waals surface area contributed by atoms with Crippen LogP contribution in [-0.4, -0.2) is 265 Å². The Kier molecular flexibility index (Phi) is 43.7. The van der Waals surface area contributed by atoms with Crippen LogP contribution in [0.15, 0.2) is 108 Å². The molecule has 732 valence electrons. The van der Waals surface area contributed by atoms with Crippen molar-refractivity contribution in [3.05, 3.63) is 130 Å². The fourth-order valence-electron chi connectivity index (χ4n) is 19.0. The molecular weight excluding hydrogens is 1730 g/mol. The lowest BCUT2D eigenvalue weighted by Crippen LogP contribution is -2.63. The molecule has 4 fully saturated rings. The molecule has 11 N–H and O–H groups in total. The van der Waals surface area contributed by atoms with E-state index in [1.54, 1.807) is 43.0 Å². The third kappa shape index (κ3) is 31.9. The van der Waals surface area contributed by atoms with Gasteiger partial charge >= 0.3 is 0 Å². The first-order chi connectivity index (χ1) is 64.3. The van der Waals surface area contributed by atoms with E-state index >= 15 is 4.79 Å². The van der Waals surface area contributed by atoms with Crippen LogP contribution in [0, 0.1) is 46.3 Å². The van der Waals surface area contributed by atoms with Crippen LogP contribution in [0.25, 0.3) is 0 Å². The number of benzene rings is 3. The van der Waals surface area contributed by atoms with E-state index < -0.39 is 99.9 Å². The highest BCUT2D eigenvalue weighted by Gasteiger charge is 2.75. The molecule has 7 aliphatic rings. The van der Waals surface area contributed by atoms with Gasteiger partial charge in [-0.15, -0.1) is 0 Å². The molecule has 0 aromatic heterocycles. The zero-order valence-corrected chi connectivity index (χ0v) is 78.7. The SMILES string of the molecule is CCCC1O[C@@H]2CC3[C@@H]4CCC5=CC(=O)C=C[C@]5(C)C4[C@@H](O)C[C@]3(C)[C@]2(C(=O)CCc2ccc(NC(=O)CNC(=O)C(NC(=O)[C@@H](CCCCNC(=O)COC3CCCCC/C(NCCOCCOCCOCCOCCC(=O)NCC[SH](=O)=O)=C\3N)NC(=O)CCOCCOCCOCCOCCNC(=O)CCC(=O)N3Cc4ccccc4C#Cc4ccccc43)C(C)C)cc2)O1. The molecular formula is C98H140N10O24S. The van der Waals surface area contributed by atoms with Gasteiger partial charge in [-0.1, -0.05) is 120 Å². The number of para-hydroxylation sites is 1. The maximum absolute atomic E-state index is 15.1. The van der Waals surface area contributed by atoms with Crippen molar-refractivity contribution in [2.75, 3.05) is 161 Å². The van der Waals surface area contributed by atoms with E-state index in [0.29, 0.717) is 128 Å². The molecule has 10 rings (SSSR count). The monoisotopic (exact) mass is 1870 g/mol. The molecule has 3 aromatic rings. The first-order valence-electron chi connectivity index (χ1n) is 47.4. The number of Topliss-reactive ketones (excluding diaryl/α,β-unsaturated/α-hetero) is 1. The average Bonchev–Trinajstić information content (AvgIpc) is 1.50. The van der Waals surface area contributed by atoms with Crippen molar-refractivity contribution in [2.45, 2.75) is 212 Å². The number of carbonyl (C=O) groups excluding carboxylic acids is 10. The van der Waals surface area contributed by atoms with E-state index in [9.17, 15) is 56.7 Å². The Morgan fingerprint density at radius 2 is 1.26 bits per heavy atom. The lowest BCUT2D eigenvalue weighted by Gasteiger charge is -2.59. The molecule has 34 nitrogen and oxygen atoms in total. The van der Waals surface area contributed by atoms with Crippen LogP contribution >= 0.6 is 0 Å². The van der Waals surface area contributed by atoms with Crippen LogP contribution in [0.5, 0.6) is 0 Å². The number of aryl methyl sites for hydroxylation is 1. The second-order valence-corrected chi connectivity index (χ2v) is 36.7. The summed E-state index contributed by atoms with van der Waals surface area (Å²) < 4.78 is 85.9. The van der Waals surface area contributed by atoms with Gasteiger partial charge in [0.15, 0.2) is 23.5 Å². The standard InChI is InChI=1S/C98H140N10O24S/c1-6-16-90-131-83-62-76-75-32-29-72-61-74(109)36-39-96(72,4)91(75)80(110)63-97(76,5)98(83,132-90)82(111)33-26-68-24-30-73(31-25-68)105-87(115)64-104-95(119)93(67(2)3)107-94(118)78(21-14-15-40-101-88(116)66-130-81-23-9-7-8-20-77(92(81)99)100-41-46-124-50-54-128-58-56-126-52-48-122-44-37-85(113)103-43-60-133(120)121)106-86(114)38-45-123-49-53-127-57-59-129-55-51-125-47-42-102-84(112)34-35-89(117)108-65-71-19-11-10-17-69(71)27-28-70-18-12-13-22-79(70)108/h10-13,17-19,22,24-25,30-31,36,39,61,67,75-76,78,80-81,83,90-91,93,100,110,133H,6-9,14-16,20-21,23,26,29,32-35,37-38,40-60,62-66,99H2,1-5H3,(H,101,116)(H,102,112)(H,103,113)(H,104,119)(H,105,115)(H,106,114)(H,107,118)/b92-77-/t75-,76?,78+,80-,81?,83+,90?,91?,93?,96-,97-,98+/m0/s1. The number of ketones is 2. The summed E-state index contributed by atoms with van der Waals surface area (Å²) >= 11 is 0. The number of unbranched alkanes of at least 4 members (excludes halogenated alkanes) is 1. The van der Waals surface area contributed by atoms with Crippen molar-refractivity contribution < 1.29 is 114 Å². The summed E-state index contributed by atoms with van der Waals surface area (Å²) in [5, 5.41) is 35.0. The summed E-state index contributed by atoms with van der Waals surface area (Å²) in [7, 11) is -2.53. The number of allylic oxidation sites excluding steroid dienone is 5. The maximum atomic E-state index is 15.1. The minimum atomic E-state index is -2.53. The van der Waals surface area contributed by atoms with Gasteiger partial charge in [-0.3, -0.25) is 47.9 Å². The second-order valence-electron chi connectivity index (χ2n) is 35.5. The van der Waals surface area contributed by atoms with E-state index in [1.807, 2.05) is 66.7 Å². The molecule has 3 saturated carbocycles. The quantitative estimate of drug-likeness (QED) is 0.0177. The maximum Gasteiger partial charge on any atom is 0.246 e. The van der Waals surface area contributed by atoms with Gasteiger partial charge in [0.05, 0.1) is 154 Å². The highest BCUT2D eigenvalue weighted by Crippen LogP contribution is 2.70. The molecule has 1 saturated heterocycles. The highest BCUT2D eigenvalue weighted by molar-refractivity contribution is 7.72. The van der Waals surface area contributed by atoms with E-state index in [4.69, 9.17) is 57.8 Å². The van der Waals surface area contributed by atoms with Gasteiger partial charge in [0.2, 0.25) is 47.3 Å². The van der Waals surface area contributed by atoms with Crippen molar-refractivity contribution in [1.29, 1.82) is 0 Å². The number of aliphatic hydroxyl groups is 1. The Balaban J connectivity index is 0.629. The zero-order valence-electron chi connectivity index (χ0n) is 77.9. The summed E-state index contributed by atoms with van der Waals surface area (Å²) in [6.45, 7) is 14.8. The lowest BCUT2D eigenvalue weighted by molar-refractivity contribution is -0.199. The predicted molar refractivity (Wildman–Crippen MR) is 496 cm³/mol. The van der Waals surface area contributed by atoms with Gasteiger partial charge in [-0.05, 0) is 148 Å². The van der Waals surface area contributed by atoms with Crippen LogP contribution in [0.3, 0.4) is 0 Å². The summed E-state index contributed by atoms with van der Waals surface area (Å²) in [4.78, 5) is 136. The second kappa shape index (κ2) is 55.0. The summed E-state index contributed by atoms with van der Waals surface area (Å²) in [5.41, 5.74) is 11.2. The molecule has 2 heterocycles. The minimum absolute atomic E-state index is 0.00155. The number of ether oxygens (including phenoxy) is 11. The van der Waals surface area contributed by atoms with E-state index in [0.717, 1.165) is 72.0 Å². The van der Waals surface area contributed by atoms with Crippen molar-refractivity contribution in [2.24, 2.45) is 40.2 Å². The molecule has 0 radical (unpaired) electrons. The van der Waals surface area contributed by atoms with Gasteiger partial charge in [0.25, 0.3) is 0 Å². The molecule has 5 aliphatic carbocycles. The van der Waals surface area contributed by atoms with Crippen LogP contribution in [-0.2, 0) is 124 Å². The first kappa shape index (κ1) is 106. The topological polar surface area (TPSA) is 452 Å². The number of amides is 8. The summed E-state index contributed by atoms with van der Waals surface area (Å²) in [6.07, 6.45) is 12.6.